The molecule has 0 aliphatic rings. The molecule has 1 amide bonds. The topological polar surface area (TPSA) is 85.1 Å². The molecule has 0 spiro atoms. The van der Waals surface area contributed by atoms with E-state index in [1.807, 2.05) is 0 Å². The van der Waals surface area contributed by atoms with Crippen LogP contribution in [0.4, 0.5) is 10.8 Å². The summed E-state index contributed by atoms with van der Waals surface area (Å²) in [4.78, 5) is 27.1. The van der Waals surface area contributed by atoms with Gasteiger partial charge in [-0.15, -0.1) is 11.3 Å². The fraction of sp³-hybridized carbons (Fsp3) is 0.0833. The normalized spacial score (nSPS) is 10.2. The molecule has 0 bridgehead atoms. The number of hydrogen-bond acceptors (Lipinski definition) is 5. The second kappa shape index (κ2) is 5.38. The van der Waals surface area contributed by atoms with Crippen molar-refractivity contribution >= 4 is 45.4 Å². The molecule has 3 N–H and O–H groups in total. The number of benzene rings is 1. The van der Waals surface area contributed by atoms with E-state index in [9.17, 15) is 9.59 Å². The fourth-order valence-corrected chi connectivity index (χ4v) is 2.39. The number of thiazole rings is 1. The van der Waals surface area contributed by atoms with E-state index < -0.39 is 5.91 Å². The standard InChI is InChI=1S/C12H10ClN3O2S/c1-6(17)10-5-19-12(15-10)16-11(18)8-3-2-7(14)4-9(8)13/h2-5H,14H2,1H3,(H,15,16,18). The molecule has 19 heavy (non-hydrogen) atoms. The van der Waals surface area contributed by atoms with Crippen molar-refractivity contribution in [2.24, 2.45) is 0 Å². The van der Waals surface area contributed by atoms with Gasteiger partial charge in [0.15, 0.2) is 10.9 Å². The van der Waals surface area contributed by atoms with Crippen LogP contribution in [0.2, 0.25) is 5.02 Å². The first-order chi connectivity index (χ1) is 8.97. The number of amides is 1. The minimum Gasteiger partial charge on any atom is -0.399 e. The second-order valence-corrected chi connectivity index (χ2v) is 5.05. The number of halogens is 1. The van der Waals surface area contributed by atoms with Gasteiger partial charge in [-0.25, -0.2) is 4.98 Å². The van der Waals surface area contributed by atoms with Crippen molar-refractivity contribution in [2.75, 3.05) is 11.1 Å². The SMILES string of the molecule is CC(=O)c1csc(NC(=O)c2ccc(N)cc2Cl)n1. The Morgan fingerprint density at radius 2 is 2.16 bits per heavy atom. The molecular weight excluding hydrogens is 286 g/mol. The summed E-state index contributed by atoms with van der Waals surface area (Å²) in [7, 11) is 0. The molecule has 0 aliphatic heterocycles. The molecule has 1 aromatic heterocycles. The number of nitrogens with two attached hydrogens (primary N) is 1. The first-order valence-electron chi connectivity index (χ1n) is 5.30. The zero-order valence-corrected chi connectivity index (χ0v) is 11.5. The second-order valence-electron chi connectivity index (χ2n) is 3.79. The van der Waals surface area contributed by atoms with E-state index >= 15 is 0 Å². The van der Waals surface area contributed by atoms with E-state index in [1.165, 1.54) is 30.4 Å². The molecule has 0 aliphatic carbocycles. The third-order valence-electron chi connectivity index (χ3n) is 2.32. The maximum atomic E-state index is 12.0. The third-order valence-corrected chi connectivity index (χ3v) is 3.39. The van der Waals surface area contributed by atoms with Crippen molar-refractivity contribution in [1.82, 2.24) is 4.98 Å². The van der Waals surface area contributed by atoms with Gasteiger partial charge in [-0.1, -0.05) is 11.6 Å². The van der Waals surface area contributed by atoms with Crippen LogP contribution < -0.4 is 11.1 Å². The summed E-state index contributed by atoms with van der Waals surface area (Å²) in [5.41, 5.74) is 6.66. The number of rotatable bonds is 3. The Balaban J connectivity index is 2.18. The van der Waals surface area contributed by atoms with E-state index in [-0.39, 0.29) is 10.8 Å². The molecule has 0 radical (unpaired) electrons. The summed E-state index contributed by atoms with van der Waals surface area (Å²) in [5.74, 6) is -0.545. The van der Waals surface area contributed by atoms with Crippen molar-refractivity contribution in [2.45, 2.75) is 6.92 Å². The molecule has 1 heterocycles. The van der Waals surface area contributed by atoms with E-state index in [0.29, 0.717) is 22.1 Å². The lowest BCUT2D eigenvalue weighted by molar-refractivity contribution is 0.100. The highest BCUT2D eigenvalue weighted by Gasteiger charge is 2.13. The van der Waals surface area contributed by atoms with Crippen molar-refractivity contribution in [3.05, 3.63) is 39.9 Å². The Hall–Kier alpha value is -1.92. The number of carbonyl (C=O) groups excluding carboxylic acids is 2. The van der Waals surface area contributed by atoms with Gasteiger partial charge in [0.1, 0.15) is 5.69 Å². The molecule has 7 heteroatoms. The summed E-state index contributed by atoms with van der Waals surface area (Å²) in [6, 6.07) is 4.62. The van der Waals surface area contributed by atoms with Gasteiger partial charge in [0.25, 0.3) is 5.91 Å². The molecular formula is C12H10ClN3O2S. The van der Waals surface area contributed by atoms with Crippen molar-refractivity contribution in [1.29, 1.82) is 0 Å². The summed E-state index contributed by atoms with van der Waals surface area (Å²) >= 11 is 7.11. The molecule has 2 rings (SSSR count). The molecule has 98 valence electrons. The van der Waals surface area contributed by atoms with Gasteiger partial charge < -0.3 is 5.73 Å². The summed E-state index contributed by atoms with van der Waals surface area (Å²) in [6.45, 7) is 1.41. The van der Waals surface area contributed by atoms with Crippen LogP contribution >= 0.6 is 22.9 Å². The van der Waals surface area contributed by atoms with Gasteiger partial charge in [0.05, 0.1) is 10.6 Å². The Bertz CT molecular complexity index is 654. The van der Waals surface area contributed by atoms with Crippen LogP contribution in [0, 0.1) is 0 Å². The minimum absolute atomic E-state index is 0.151. The predicted octanol–water partition coefficient (Wildman–Crippen LogP) is 2.83. The lowest BCUT2D eigenvalue weighted by Gasteiger charge is -2.04. The lowest BCUT2D eigenvalue weighted by Crippen LogP contribution is -2.12. The number of aromatic nitrogens is 1. The van der Waals surface area contributed by atoms with Crippen molar-refractivity contribution in [3.8, 4) is 0 Å². The van der Waals surface area contributed by atoms with E-state index in [0.717, 1.165) is 0 Å². The largest absolute Gasteiger partial charge is 0.399 e. The van der Waals surface area contributed by atoms with Gasteiger partial charge in [0.2, 0.25) is 0 Å². The number of nitrogen functional groups attached to an aromatic ring is 1. The molecule has 1 aromatic carbocycles. The van der Waals surface area contributed by atoms with Crippen LogP contribution in [-0.4, -0.2) is 16.7 Å². The van der Waals surface area contributed by atoms with Gasteiger partial charge in [-0.05, 0) is 18.2 Å². The highest BCUT2D eigenvalue weighted by atomic mass is 35.5. The minimum atomic E-state index is -0.394. The van der Waals surface area contributed by atoms with Crippen LogP contribution in [0.25, 0.3) is 0 Å². The van der Waals surface area contributed by atoms with Gasteiger partial charge in [-0.3, -0.25) is 14.9 Å². The first-order valence-corrected chi connectivity index (χ1v) is 6.56. The maximum Gasteiger partial charge on any atom is 0.258 e. The number of carbonyl (C=O) groups is 2. The maximum absolute atomic E-state index is 12.0. The monoisotopic (exact) mass is 295 g/mol. The average molecular weight is 296 g/mol. The molecule has 5 nitrogen and oxygen atoms in total. The number of anilines is 2. The zero-order valence-electron chi connectivity index (χ0n) is 9.94. The lowest BCUT2D eigenvalue weighted by atomic mass is 10.2. The molecule has 0 saturated heterocycles. The summed E-state index contributed by atoms with van der Waals surface area (Å²) < 4.78 is 0. The van der Waals surface area contributed by atoms with E-state index in [4.69, 9.17) is 17.3 Å². The zero-order chi connectivity index (χ0) is 14.0. The Morgan fingerprint density at radius 1 is 1.42 bits per heavy atom. The Kier molecular flexibility index (Phi) is 3.82. The third kappa shape index (κ3) is 3.10. The quantitative estimate of drug-likeness (QED) is 0.673. The molecule has 0 fully saturated rings. The van der Waals surface area contributed by atoms with Gasteiger partial charge in [-0.2, -0.15) is 0 Å². The first kappa shape index (κ1) is 13.5. The highest BCUT2D eigenvalue weighted by molar-refractivity contribution is 7.14. The fourth-order valence-electron chi connectivity index (χ4n) is 1.37. The van der Waals surface area contributed by atoms with Gasteiger partial charge in [0, 0.05) is 18.0 Å². The van der Waals surface area contributed by atoms with E-state index in [2.05, 4.69) is 10.3 Å². The average Bonchev–Trinajstić information content (AvgIpc) is 2.77. The predicted molar refractivity (Wildman–Crippen MR) is 75.9 cm³/mol. The van der Waals surface area contributed by atoms with Crippen molar-refractivity contribution < 1.29 is 9.59 Å². The summed E-state index contributed by atoms with van der Waals surface area (Å²) in [6.07, 6.45) is 0. The highest BCUT2D eigenvalue weighted by Crippen LogP contribution is 2.22. The smallest absolute Gasteiger partial charge is 0.258 e. The number of ketones is 1. The van der Waals surface area contributed by atoms with Crippen molar-refractivity contribution in [3.63, 3.8) is 0 Å². The molecule has 2 aromatic rings. The number of Topliss-reactive ketones (excluding diaryl/α,β-unsaturated/α-hetero) is 1. The number of nitrogens with one attached hydrogen (secondary N) is 1. The van der Waals surface area contributed by atoms with Crippen LogP contribution in [0.15, 0.2) is 23.6 Å². The number of nitrogens with zero attached hydrogens (tertiary/aromatic N) is 1. The Labute approximate surface area is 118 Å². The van der Waals surface area contributed by atoms with Crippen LogP contribution in [0.3, 0.4) is 0 Å². The summed E-state index contributed by atoms with van der Waals surface area (Å²) in [5, 5.41) is 4.79. The van der Waals surface area contributed by atoms with E-state index in [1.54, 1.807) is 11.4 Å². The molecule has 0 atom stereocenters. The number of hydrogen-bond donors (Lipinski definition) is 2. The molecule has 0 saturated carbocycles. The molecule has 0 unspecified atom stereocenters. The van der Waals surface area contributed by atoms with Crippen LogP contribution in [0.1, 0.15) is 27.8 Å². The van der Waals surface area contributed by atoms with Gasteiger partial charge >= 0.3 is 0 Å². The van der Waals surface area contributed by atoms with Crippen LogP contribution in [0.5, 0.6) is 0 Å². The Morgan fingerprint density at radius 3 is 2.74 bits per heavy atom. The van der Waals surface area contributed by atoms with Crippen LogP contribution in [-0.2, 0) is 0 Å².